The fraction of sp³-hybridized carbons (Fsp3) is 0.483. The van der Waals surface area contributed by atoms with Crippen molar-refractivity contribution in [2.45, 2.75) is 152 Å². The number of aliphatic carboxylic acids is 1. The highest BCUT2D eigenvalue weighted by molar-refractivity contribution is 5.98. The monoisotopic (exact) mass is 1160 g/mol. The van der Waals surface area contributed by atoms with Gasteiger partial charge in [0, 0.05) is 83.7 Å². The van der Waals surface area contributed by atoms with Crippen molar-refractivity contribution < 1.29 is 43.5 Å². The van der Waals surface area contributed by atoms with Gasteiger partial charge in [0.2, 0.25) is 41.4 Å². The van der Waals surface area contributed by atoms with Crippen LogP contribution in [0.25, 0.3) is 21.8 Å². The summed E-state index contributed by atoms with van der Waals surface area (Å²) in [5.41, 5.74) is 27.4. The molecule has 2 aromatic carbocycles. The molecule has 0 aliphatic heterocycles. The van der Waals surface area contributed by atoms with Crippen molar-refractivity contribution in [3.05, 3.63) is 108 Å². The number of H-pyrrole nitrogens is 4. The van der Waals surface area contributed by atoms with Gasteiger partial charge in [0.1, 0.15) is 42.3 Å². The van der Waals surface area contributed by atoms with Gasteiger partial charge < -0.3 is 85.2 Å². The van der Waals surface area contributed by atoms with E-state index in [1.165, 1.54) is 25.0 Å². The first-order valence-electron chi connectivity index (χ1n) is 28.7. The first kappa shape index (κ1) is 64.7. The average Bonchev–Trinajstić information content (AvgIpc) is 4.36. The highest BCUT2D eigenvalue weighted by atomic mass is 16.4. The number of carbonyl (C=O) groups excluding carboxylic acids is 7. The fourth-order valence-electron chi connectivity index (χ4n) is 9.88. The number of carbonyl (C=O) groups is 8. The Labute approximate surface area is 487 Å². The van der Waals surface area contributed by atoms with Crippen LogP contribution in [0.3, 0.4) is 0 Å². The predicted molar refractivity (Wildman–Crippen MR) is 316 cm³/mol. The third-order valence-electron chi connectivity index (χ3n) is 14.5. The van der Waals surface area contributed by atoms with Crippen LogP contribution in [0.15, 0.2) is 86.0 Å². The molecule has 84 heavy (non-hydrogen) atoms. The highest BCUT2D eigenvalue weighted by Crippen LogP contribution is 2.22. The Kier molecular flexibility index (Phi) is 25.4. The summed E-state index contributed by atoms with van der Waals surface area (Å²) in [6.07, 6.45) is 12.4. The lowest BCUT2D eigenvalue weighted by atomic mass is 9.99. The molecule has 20 N–H and O–H groups in total. The van der Waals surface area contributed by atoms with Gasteiger partial charge in [-0.1, -0.05) is 56.7 Å². The number of carboxylic acid groups (broad SMARTS) is 1. The van der Waals surface area contributed by atoms with Crippen LogP contribution in [0, 0.1) is 5.92 Å². The molecule has 0 fully saturated rings. The first-order valence-corrected chi connectivity index (χ1v) is 28.7. The molecule has 0 saturated carbocycles. The summed E-state index contributed by atoms with van der Waals surface area (Å²) in [6, 6.07) is 4.71. The Morgan fingerprint density at radius 1 is 0.464 bits per heavy atom. The Morgan fingerprint density at radius 3 is 1.26 bits per heavy atom. The topological polar surface area (TPSA) is 434 Å². The summed E-state index contributed by atoms with van der Waals surface area (Å²) >= 11 is 0. The van der Waals surface area contributed by atoms with Crippen LogP contribution >= 0.6 is 0 Å². The maximum atomic E-state index is 14.8. The lowest BCUT2D eigenvalue weighted by molar-refractivity contribution is -0.142. The van der Waals surface area contributed by atoms with Crippen LogP contribution in [0.4, 0.5) is 0 Å². The van der Waals surface area contributed by atoms with Crippen LogP contribution in [0.2, 0.25) is 0 Å². The predicted octanol–water partition coefficient (Wildman–Crippen LogP) is 0.605. The second kappa shape index (κ2) is 33.0. The van der Waals surface area contributed by atoms with E-state index in [9.17, 15) is 43.5 Å². The van der Waals surface area contributed by atoms with E-state index in [4.69, 9.17) is 22.9 Å². The zero-order chi connectivity index (χ0) is 60.5. The maximum Gasteiger partial charge on any atom is 0.326 e. The number of benzene rings is 2. The number of aromatic nitrogens is 6. The molecule has 0 saturated heterocycles. The van der Waals surface area contributed by atoms with Crippen molar-refractivity contribution in [2.75, 3.05) is 19.6 Å². The minimum Gasteiger partial charge on any atom is -0.480 e. The molecule has 0 bridgehead atoms. The number of hydrogen-bond acceptors (Lipinski definition) is 14. The van der Waals surface area contributed by atoms with E-state index >= 15 is 0 Å². The van der Waals surface area contributed by atoms with Gasteiger partial charge in [-0.3, -0.25) is 33.6 Å². The van der Waals surface area contributed by atoms with Crippen molar-refractivity contribution in [1.29, 1.82) is 0 Å². The third-order valence-corrected chi connectivity index (χ3v) is 14.5. The molecule has 8 atom stereocenters. The smallest absolute Gasteiger partial charge is 0.326 e. The van der Waals surface area contributed by atoms with Gasteiger partial charge in [0.15, 0.2) is 0 Å². The number of fused-ring (bicyclic) bond motifs is 2. The van der Waals surface area contributed by atoms with Crippen molar-refractivity contribution >= 4 is 69.1 Å². The summed E-state index contributed by atoms with van der Waals surface area (Å²) in [4.78, 5) is 134. The normalized spacial score (nSPS) is 14.3. The second-order valence-corrected chi connectivity index (χ2v) is 21.5. The van der Waals surface area contributed by atoms with E-state index in [0.29, 0.717) is 80.6 Å². The molecule has 0 radical (unpaired) electrons. The number of nitrogens with zero attached hydrogens (tertiary/aromatic N) is 2. The largest absolute Gasteiger partial charge is 0.480 e. The van der Waals surface area contributed by atoms with Gasteiger partial charge in [-0.15, -0.1) is 0 Å². The number of carboxylic acids is 1. The van der Waals surface area contributed by atoms with E-state index in [-0.39, 0.29) is 57.4 Å². The highest BCUT2D eigenvalue weighted by Gasteiger charge is 2.36. The van der Waals surface area contributed by atoms with Crippen molar-refractivity contribution in [3.63, 3.8) is 0 Å². The minimum atomic E-state index is -1.38. The SMILES string of the molecule is CC(C)C[C@H](NC(=O)[C@H](Cc1c[nH]c2ccccc12)NC(=O)[C@H](CCCCN)NC(=O)[C@H](Cc1cnc[nH]1)NC(=O)[C@H](CCCCN)NC(=O)[C@H](Cc1cnc[nH]1)NC(=O)[C@@H](N)CCCCN)C(=O)N[C@@H](Cc1c[nH]c2ccccc12)C(=O)O. The van der Waals surface area contributed by atoms with Crippen LogP contribution in [-0.2, 0) is 64.0 Å². The molecule has 0 aliphatic carbocycles. The number of nitrogens with two attached hydrogens (primary N) is 4. The molecular weight excluding hydrogens is 1080 g/mol. The van der Waals surface area contributed by atoms with Crippen LogP contribution in [-0.4, -0.2) is 150 Å². The third kappa shape index (κ3) is 19.6. The van der Waals surface area contributed by atoms with Crippen LogP contribution < -0.4 is 60.2 Å². The summed E-state index contributed by atoms with van der Waals surface area (Å²) in [6.45, 7) is 4.67. The zero-order valence-electron chi connectivity index (χ0n) is 47.7. The van der Waals surface area contributed by atoms with Crippen molar-refractivity contribution in [1.82, 2.24) is 67.1 Å². The minimum absolute atomic E-state index is 0.0266. The molecule has 454 valence electrons. The Morgan fingerprint density at radius 2 is 0.833 bits per heavy atom. The number of rotatable bonds is 37. The molecule has 7 amide bonds. The number of amides is 7. The van der Waals surface area contributed by atoms with E-state index in [1.54, 1.807) is 12.4 Å². The molecule has 26 nitrogen and oxygen atoms in total. The standard InChI is InChI=1S/C58H83N17O9/c1-34(2)23-46(54(79)75-50(58(83)84)25-36-29-66-43-17-6-4-14-40(36)43)72-55(80)47(24-35-28-65-42-16-5-3-13-39(35)42)73-52(77)44(18-8-11-21-60)70-57(82)49(27-38-31-64-33-68-38)74-53(78)45(19-9-12-22-61)69-56(81)48(26-37-30-63-32-67-37)71-51(76)41(62)15-7-10-20-59/h3-6,13-14,16-17,28-34,41,44-50,65-66H,7-12,15,18-27,59-62H2,1-2H3,(H,63,67)(H,64,68)(H,69,81)(H,70,82)(H,71,76)(H,72,80)(H,73,77)(H,74,78)(H,75,79)(H,83,84)/t41-,44-,45-,46-,47-,48-,49-,50-/m0/s1. The van der Waals surface area contributed by atoms with Crippen LogP contribution in [0.1, 0.15) is 101 Å². The maximum absolute atomic E-state index is 14.8. The van der Waals surface area contributed by atoms with Gasteiger partial charge in [0.05, 0.1) is 18.7 Å². The quantitative estimate of drug-likeness (QED) is 0.0238. The second-order valence-electron chi connectivity index (χ2n) is 21.5. The van der Waals surface area contributed by atoms with E-state index in [0.717, 1.165) is 21.8 Å². The Hall–Kier alpha value is -8.46. The average molecular weight is 1160 g/mol. The Balaban J connectivity index is 1.24. The van der Waals surface area contributed by atoms with Gasteiger partial charge in [-0.25, -0.2) is 14.8 Å². The number of unbranched alkanes of at least 4 members (excludes halogenated alkanes) is 3. The van der Waals surface area contributed by atoms with E-state index < -0.39 is 95.7 Å². The molecule has 4 heterocycles. The van der Waals surface area contributed by atoms with Crippen LogP contribution in [0.5, 0.6) is 0 Å². The lowest BCUT2D eigenvalue weighted by Gasteiger charge is -2.28. The number of hydrogen-bond donors (Lipinski definition) is 16. The summed E-state index contributed by atoms with van der Waals surface area (Å²) in [7, 11) is 0. The van der Waals surface area contributed by atoms with Crippen molar-refractivity contribution in [2.24, 2.45) is 28.9 Å². The zero-order valence-corrected chi connectivity index (χ0v) is 47.7. The molecule has 0 aliphatic rings. The number of para-hydroxylation sites is 2. The number of nitrogens with one attached hydrogen (secondary N) is 11. The number of imidazole rings is 2. The molecule has 4 aromatic heterocycles. The molecular formula is C58H83N17O9. The summed E-state index contributed by atoms with van der Waals surface area (Å²) in [5, 5.41) is 31.3. The number of aromatic amines is 4. The molecule has 0 spiro atoms. The fourth-order valence-corrected chi connectivity index (χ4v) is 9.88. The van der Waals surface area contributed by atoms with E-state index in [1.807, 2.05) is 62.4 Å². The summed E-state index contributed by atoms with van der Waals surface area (Å²) < 4.78 is 0. The molecule has 0 unspecified atom stereocenters. The van der Waals surface area contributed by atoms with Gasteiger partial charge >= 0.3 is 5.97 Å². The Bertz CT molecular complexity index is 3070. The lowest BCUT2D eigenvalue weighted by Crippen LogP contribution is -2.61. The first-order chi connectivity index (χ1) is 40.5. The summed E-state index contributed by atoms with van der Waals surface area (Å²) in [5.74, 6) is -6.53. The van der Waals surface area contributed by atoms with Gasteiger partial charge in [0.25, 0.3) is 0 Å². The van der Waals surface area contributed by atoms with Gasteiger partial charge in [-0.05, 0) is 107 Å². The molecule has 26 heteroatoms. The molecule has 6 rings (SSSR count). The molecule has 6 aromatic rings. The van der Waals surface area contributed by atoms with E-state index in [2.05, 4.69) is 67.1 Å². The van der Waals surface area contributed by atoms with Crippen molar-refractivity contribution in [3.8, 4) is 0 Å². The van der Waals surface area contributed by atoms with Gasteiger partial charge in [-0.2, -0.15) is 0 Å².